The number of ether oxygens (including phenoxy) is 1. The predicted octanol–water partition coefficient (Wildman–Crippen LogP) is -0.0589. The highest BCUT2D eigenvalue weighted by Crippen LogP contribution is 2.20. The van der Waals surface area contributed by atoms with Gasteiger partial charge >= 0.3 is 0 Å². The molecular formula is C5H8BN3O2. The lowest BCUT2D eigenvalue weighted by molar-refractivity contribution is 0.0379. The second kappa shape index (κ2) is 3.62. The first kappa shape index (κ1) is 8.39. The van der Waals surface area contributed by atoms with Crippen LogP contribution in [0.2, 0.25) is 0 Å². The first-order valence-electron chi connectivity index (χ1n) is 3.34. The molecule has 1 N–H and O–H groups in total. The van der Waals surface area contributed by atoms with Crippen molar-refractivity contribution in [2.75, 3.05) is 6.61 Å². The molecule has 1 saturated heterocycles. The second-order valence-corrected chi connectivity index (χ2v) is 2.40. The van der Waals surface area contributed by atoms with E-state index in [9.17, 15) is 0 Å². The third-order valence-corrected chi connectivity index (χ3v) is 1.63. The van der Waals surface area contributed by atoms with E-state index in [1.54, 1.807) is 0 Å². The number of hydrogen-bond acceptors (Lipinski definition) is 3. The standard InChI is InChI=1S/C5H8BN3O2/c6-5-1-3(8-9-7)4(2-10)11-5/h3-5,10H,1-2H2/t3-,4-,5-/m1/s1. The molecule has 11 heavy (non-hydrogen) atoms. The number of nitrogens with zero attached hydrogens (tertiary/aromatic N) is 3. The number of rotatable bonds is 2. The average Bonchev–Trinajstić information content (AvgIpc) is 2.32. The lowest BCUT2D eigenvalue weighted by atomic mass is 9.95. The molecule has 5 nitrogen and oxygen atoms in total. The predicted molar refractivity (Wildman–Crippen MR) is 39.1 cm³/mol. The van der Waals surface area contributed by atoms with E-state index < -0.39 is 12.1 Å². The average molecular weight is 153 g/mol. The Morgan fingerprint density at radius 3 is 3.09 bits per heavy atom. The van der Waals surface area contributed by atoms with Crippen LogP contribution < -0.4 is 0 Å². The Morgan fingerprint density at radius 2 is 2.55 bits per heavy atom. The minimum absolute atomic E-state index is 0.155. The van der Waals surface area contributed by atoms with E-state index in [0.29, 0.717) is 6.42 Å². The van der Waals surface area contributed by atoms with Crippen LogP contribution in [0, 0.1) is 0 Å². The van der Waals surface area contributed by atoms with Crippen molar-refractivity contribution in [3.05, 3.63) is 10.4 Å². The fourth-order valence-corrected chi connectivity index (χ4v) is 1.11. The van der Waals surface area contributed by atoms with E-state index in [4.69, 9.17) is 23.2 Å². The van der Waals surface area contributed by atoms with Gasteiger partial charge in [0, 0.05) is 10.9 Å². The molecule has 1 aliphatic rings. The fraction of sp³-hybridized carbons (Fsp3) is 1.00. The molecule has 0 bridgehead atoms. The molecule has 0 aliphatic carbocycles. The Balaban J connectivity index is 2.56. The molecule has 2 radical (unpaired) electrons. The molecule has 0 aromatic rings. The van der Waals surface area contributed by atoms with Crippen LogP contribution in [0.15, 0.2) is 5.11 Å². The molecule has 58 valence electrons. The van der Waals surface area contributed by atoms with Gasteiger partial charge in [-0.1, -0.05) is 5.11 Å². The summed E-state index contributed by atoms with van der Waals surface area (Å²) >= 11 is 0. The molecule has 1 rings (SSSR count). The third-order valence-electron chi connectivity index (χ3n) is 1.63. The monoisotopic (exact) mass is 153 g/mol. The van der Waals surface area contributed by atoms with Crippen LogP contribution in [0.4, 0.5) is 0 Å². The maximum atomic E-state index is 8.72. The Bertz CT molecular complexity index is 183. The van der Waals surface area contributed by atoms with E-state index in [1.165, 1.54) is 0 Å². The molecule has 0 aromatic heterocycles. The topological polar surface area (TPSA) is 78.2 Å². The van der Waals surface area contributed by atoms with Crippen molar-refractivity contribution in [1.29, 1.82) is 0 Å². The van der Waals surface area contributed by atoms with Crippen molar-refractivity contribution in [3.8, 4) is 0 Å². The Morgan fingerprint density at radius 1 is 1.82 bits per heavy atom. The van der Waals surface area contributed by atoms with Crippen LogP contribution in [0.1, 0.15) is 6.42 Å². The van der Waals surface area contributed by atoms with Crippen molar-refractivity contribution in [3.63, 3.8) is 0 Å². The minimum Gasteiger partial charge on any atom is -0.394 e. The smallest absolute Gasteiger partial charge is 0.109 e. The minimum atomic E-state index is -0.430. The zero-order chi connectivity index (χ0) is 8.27. The van der Waals surface area contributed by atoms with Gasteiger partial charge in [0.25, 0.3) is 0 Å². The van der Waals surface area contributed by atoms with Gasteiger partial charge in [-0.3, -0.25) is 0 Å². The quantitative estimate of drug-likeness (QED) is 0.261. The zero-order valence-electron chi connectivity index (χ0n) is 5.92. The van der Waals surface area contributed by atoms with Crippen molar-refractivity contribution < 1.29 is 9.84 Å². The highest BCUT2D eigenvalue weighted by molar-refractivity contribution is 6.11. The van der Waals surface area contributed by atoms with Crippen molar-refractivity contribution in [2.24, 2.45) is 5.11 Å². The van der Waals surface area contributed by atoms with Gasteiger partial charge in [0.05, 0.1) is 18.8 Å². The van der Waals surface area contributed by atoms with Crippen LogP contribution in [0.5, 0.6) is 0 Å². The van der Waals surface area contributed by atoms with Crippen molar-refractivity contribution in [2.45, 2.75) is 24.6 Å². The molecule has 0 amide bonds. The maximum Gasteiger partial charge on any atom is 0.109 e. The van der Waals surface area contributed by atoms with E-state index in [1.807, 2.05) is 0 Å². The lowest BCUT2D eigenvalue weighted by Gasteiger charge is -2.09. The van der Waals surface area contributed by atoms with Gasteiger partial charge in [0.2, 0.25) is 0 Å². The van der Waals surface area contributed by atoms with Gasteiger partial charge in [0.1, 0.15) is 7.85 Å². The van der Waals surface area contributed by atoms with E-state index >= 15 is 0 Å². The van der Waals surface area contributed by atoms with E-state index in [-0.39, 0.29) is 12.6 Å². The zero-order valence-corrected chi connectivity index (χ0v) is 5.92. The number of hydrogen-bond donors (Lipinski definition) is 1. The number of azide groups is 1. The normalized spacial score (nSPS) is 36.6. The molecule has 6 heteroatoms. The lowest BCUT2D eigenvalue weighted by Crippen LogP contribution is -2.23. The third kappa shape index (κ3) is 1.86. The van der Waals surface area contributed by atoms with Gasteiger partial charge in [-0.05, 0) is 12.0 Å². The van der Waals surface area contributed by atoms with Crippen LogP contribution in [-0.2, 0) is 4.74 Å². The van der Waals surface area contributed by atoms with Crippen LogP contribution in [0.25, 0.3) is 10.4 Å². The summed E-state index contributed by atoms with van der Waals surface area (Å²) in [6, 6.07) is -0.734. The summed E-state index contributed by atoms with van der Waals surface area (Å²) in [4.78, 5) is 2.63. The first-order valence-corrected chi connectivity index (χ1v) is 3.34. The molecule has 0 unspecified atom stereocenters. The Kier molecular flexibility index (Phi) is 2.76. The van der Waals surface area contributed by atoms with Gasteiger partial charge in [-0.2, -0.15) is 0 Å². The molecule has 1 fully saturated rings. The van der Waals surface area contributed by atoms with Crippen LogP contribution in [0.3, 0.4) is 0 Å². The highest BCUT2D eigenvalue weighted by Gasteiger charge is 2.30. The highest BCUT2D eigenvalue weighted by atomic mass is 16.5. The molecule has 3 atom stereocenters. The molecule has 1 aliphatic heterocycles. The van der Waals surface area contributed by atoms with Gasteiger partial charge in [0.15, 0.2) is 0 Å². The first-order chi connectivity index (χ1) is 5.27. The molecule has 1 heterocycles. The molecular weight excluding hydrogens is 145 g/mol. The van der Waals surface area contributed by atoms with Gasteiger partial charge in [-0.25, -0.2) is 0 Å². The maximum absolute atomic E-state index is 8.72. The van der Waals surface area contributed by atoms with Gasteiger partial charge in [-0.15, -0.1) is 0 Å². The van der Waals surface area contributed by atoms with E-state index in [2.05, 4.69) is 10.0 Å². The molecule has 0 saturated carbocycles. The van der Waals surface area contributed by atoms with E-state index in [0.717, 1.165) is 0 Å². The van der Waals surface area contributed by atoms with Crippen molar-refractivity contribution >= 4 is 7.85 Å². The summed E-state index contributed by atoms with van der Waals surface area (Å²) in [6.45, 7) is -0.155. The summed E-state index contributed by atoms with van der Waals surface area (Å²) < 4.78 is 5.04. The van der Waals surface area contributed by atoms with Gasteiger partial charge < -0.3 is 9.84 Å². The summed E-state index contributed by atoms with van der Waals surface area (Å²) in [5.41, 5.74) is 8.11. The Labute approximate surface area is 65.4 Å². The summed E-state index contributed by atoms with van der Waals surface area (Å²) in [7, 11) is 5.40. The summed E-state index contributed by atoms with van der Waals surface area (Å²) in [5, 5.41) is 12.2. The van der Waals surface area contributed by atoms with Crippen molar-refractivity contribution in [1.82, 2.24) is 0 Å². The largest absolute Gasteiger partial charge is 0.394 e. The fourth-order valence-electron chi connectivity index (χ4n) is 1.11. The Hall–Kier alpha value is -0.705. The summed E-state index contributed by atoms with van der Waals surface area (Å²) in [6.07, 6.45) is 0.0517. The van der Waals surface area contributed by atoms with Crippen LogP contribution in [-0.4, -0.2) is 37.7 Å². The molecule has 0 aromatic carbocycles. The van der Waals surface area contributed by atoms with Crippen LogP contribution >= 0.6 is 0 Å². The number of aliphatic hydroxyl groups is 1. The summed E-state index contributed by atoms with van der Waals surface area (Å²) in [5.74, 6) is 0. The second-order valence-electron chi connectivity index (χ2n) is 2.40. The number of aliphatic hydroxyl groups excluding tert-OH is 1. The SMILES string of the molecule is [B][C@H]1C[C@@H](N=[N+]=[N-])[C@@H](CO)O1. The molecule has 0 spiro atoms.